The zero-order valence-corrected chi connectivity index (χ0v) is 15.5. The molecule has 0 aliphatic carbocycles. The molecular formula is C20H21N3O3S. The number of fused-ring (bicyclic) bond motifs is 1. The standard InChI is InChI=1S/C20H21N3O3S/c24-11-15(10-14-6-2-1-3-7-14)21-19(25)13-27-12-18-22-17-9-5-4-8-16(17)20(26)23-18/h1-9,15,24H,10-13H2,(H,21,25)(H,22,23,26)/t15-/m0/s1. The van der Waals surface area contributed by atoms with Crippen molar-refractivity contribution in [3.8, 4) is 0 Å². The van der Waals surface area contributed by atoms with Crippen molar-refractivity contribution in [2.75, 3.05) is 12.4 Å². The topological polar surface area (TPSA) is 95.1 Å². The Morgan fingerprint density at radius 2 is 1.89 bits per heavy atom. The van der Waals surface area contributed by atoms with E-state index >= 15 is 0 Å². The molecule has 1 amide bonds. The predicted octanol–water partition coefficient (Wildman–Crippen LogP) is 1.88. The van der Waals surface area contributed by atoms with Crippen LogP contribution in [0.3, 0.4) is 0 Å². The molecule has 3 aromatic rings. The lowest BCUT2D eigenvalue weighted by Crippen LogP contribution is -2.40. The van der Waals surface area contributed by atoms with Crippen molar-refractivity contribution in [2.24, 2.45) is 0 Å². The molecule has 140 valence electrons. The van der Waals surface area contributed by atoms with Gasteiger partial charge in [-0.1, -0.05) is 42.5 Å². The van der Waals surface area contributed by atoms with Crippen LogP contribution in [-0.4, -0.2) is 39.4 Å². The summed E-state index contributed by atoms with van der Waals surface area (Å²) in [6.07, 6.45) is 0.577. The number of carbonyl (C=O) groups excluding carboxylic acids is 1. The van der Waals surface area contributed by atoms with E-state index in [4.69, 9.17) is 0 Å². The van der Waals surface area contributed by atoms with Gasteiger partial charge in [0.25, 0.3) is 5.56 Å². The van der Waals surface area contributed by atoms with Gasteiger partial charge in [0.2, 0.25) is 5.91 Å². The number of aromatic nitrogens is 2. The van der Waals surface area contributed by atoms with Crippen LogP contribution in [0.25, 0.3) is 10.9 Å². The van der Waals surface area contributed by atoms with Crippen molar-refractivity contribution < 1.29 is 9.90 Å². The van der Waals surface area contributed by atoms with Gasteiger partial charge in [0.05, 0.1) is 35.1 Å². The number of H-pyrrole nitrogens is 1. The number of aromatic amines is 1. The molecule has 0 spiro atoms. The summed E-state index contributed by atoms with van der Waals surface area (Å²) in [6, 6.07) is 16.5. The third-order valence-corrected chi connectivity index (χ3v) is 4.99. The summed E-state index contributed by atoms with van der Waals surface area (Å²) < 4.78 is 0. The van der Waals surface area contributed by atoms with Crippen LogP contribution in [-0.2, 0) is 17.0 Å². The predicted molar refractivity (Wildman–Crippen MR) is 108 cm³/mol. The number of para-hydroxylation sites is 1. The maximum absolute atomic E-state index is 12.1. The summed E-state index contributed by atoms with van der Waals surface area (Å²) in [4.78, 5) is 31.3. The van der Waals surface area contributed by atoms with Gasteiger partial charge in [-0.25, -0.2) is 4.98 Å². The van der Waals surface area contributed by atoms with Crippen molar-refractivity contribution in [1.82, 2.24) is 15.3 Å². The number of carbonyl (C=O) groups is 1. The summed E-state index contributed by atoms with van der Waals surface area (Å²) in [5, 5.41) is 12.9. The van der Waals surface area contributed by atoms with E-state index in [0.29, 0.717) is 28.9 Å². The Kier molecular flexibility index (Phi) is 6.62. The van der Waals surface area contributed by atoms with Crippen LogP contribution in [0.2, 0.25) is 0 Å². The van der Waals surface area contributed by atoms with Gasteiger partial charge in [-0.15, -0.1) is 11.8 Å². The largest absolute Gasteiger partial charge is 0.394 e. The first kappa shape index (κ1) is 19.1. The third kappa shape index (κ3) is 5.42. The number of aliphatic hydroxyl groups is 1. The van der Waals surface area contributed by atoms with Crippen molar-refractivity contribution in [3.63, 3.8) is 0 Å². The van der Waals surface area contributed by atoms with Gasteiger partial charge in [0.1, 0.15) is 5.82 Å². The average Bonchev–Trinajstić information content (AvgIpc) is 2.68. The van der Waals surface area contributed by atoms with E-state index in [1.165, 1.54) is 11.8 Å². The Hall–Kier alpha value is -2.64. The van der Waals surface area contributed by atoms with E-state index < -0.39 is 0 Å². The van der Waals surface area contributed by atoms with E-state index in [2.05, 4.69) is 15.3 Å². The molecule has 0 saturated heterocycles. The number of hydrogen-bond acceptors (Lipinski definition) is 5. The van der Waals surface area contributed by atoms with E-state index in [9.17, 15) is 14.7 Å². The number of hydrogen-bond donors (Lipinski definition) is 3. The number of nitrogens with zero attached hydrogens (tertiary/aromatic N) is 1. The van der Waals surface area contributed by atoms with Gasteiger partial charge in [-0.2, -0.15) is 0 Å². The highest BCUT2D eigenvalue weighted by Crippen LogP contribution is 2.11. The van der Waals surface area contributed by atoms with Crippen LogP contribution in [0.4, 0.5) is 0 Å². The summed E-state index contributed by atoms with van der Waals surface area (Å²) in [6.45, 7) is -0.120. The highest BCUT2D eigenvalue weighted by atomic mass is 32.2. The molecule has 3 N–H and O–H groups in total. The Bertz CT molecular complexity index is 959. The number of nitrogens with one attached hydrogen (secondary N) is 2. The number of amides is 1. The average molecular weight is 383 g/mol. The minimum Gasteiger partial charge on any atom is -0.394 e. The fraction of sp³-hybridized carbons (Fsp3) is 0.250. The highest BCUT2D eigenvalue weighted by molar-refractivity contribution is 7.99. The minimum absolute atomic E-state index is 0.120. The molecule has 2 aromatic carbocycles. The molecule has 0 bridgehead atoms. The Labute approximate surface area is 161 Å². The second-order valence-electron chi connectivity index (χ2n) is 6.16. The molecule has 0 fully saturated rings. The van der Waals surface area contributed by atoms with Crippen molar-refractivity contribution in [2.45, 2.75) is 18.2 Å². The molecule has 7 heteroatoms. The first-order chi connectivity index (χ1) is 13.2. The lowest BCUT2D eigenvalue weighted by Gasteiger charge is -2.16. The van der Waals surface area contributed by atoms with E-state index in [1.54, 1.807) is 18.2 Å². The monoisotopic (exact) mass is 383 g/mol. The molecule has 0 unspecified atom stereocenters. The maximum Gasteiger partial charge on any atom is 0.258 e. The molecule has 6 nitrogen and oxygen atoms in total. The van der Waals surface area contributed by atoms with Crippen LogP contribution in [0, 0.1) is 0 Å². The molecule has 1 heterocycles. The second-order valence-corrected chi connectivity index (χ2v) is 7.14. The van der Waals surface area contributed by atoms with E-state index in [0.717, 1.165) is 5.56 Å². The van der Waals surface area contributed by atoms with Crippen molar-refractivity contribution >= 4 is 28.6 Å². The Morgan fingerprint density at radius 3 is 2.67 bits per heavy atom. The van der Waals surface area contributed by atoms with Crippen LogP contribution >= 0.6 is 11.8 Å². The number of aliphatic hydroxyl groups excluding tert-OH is 1. The molecule has 1 aromatic heterocycles. The van der Waals surface area contributed by atoms with Crippen molar-refractivity contribution in [3.05, 3.63) is 76.3 Å². The SMILES string of the molecule is O=C(CSCc1nc2ccccc2c(=O)[nH]1)N[C@H](CO)Cc1ccccc1. The van der Waals surface area contributed by atoms with Gasteiger partial charge in [-0.3, -0.25) is 9.59 Å². The van der Waals surface area contributed by atoms with Gasteiger partial charge in [0, 0.05) is 0 Å². The van der Waals surface area contributed by atoms with Crippen LogP contribution in [0.15, 0.2) is 59.4 Å². The minimum atomic E-state index is -0.320. The molecule has 0 radical (unpaired) electrons. The molecule has 0 aliphatic heterocycles. The number of thioether (sulfide) groups is 1. The Morgan fingerprint density at radius 1 is 1.15 bits per heavy atom. The third-order valence-electron chi connectivity index (χ3n) is 4.04. The molecular weight excluding hydrogens is 362 g/mol. The summed E-state index contributed by atoms with van der Waals surface area (Å²) in [5.74, 6) is 1.04. The second kappa shape index (κ2) is 9.34. The molecule has 3 rings (SSSR count). The van der Waals surface area contributed by atoms with Crippen molar-refractivity contribution in [1.29, 1.82) is 0 Å². The smallest absolute Gasteiger partial charge is 0.258 e. The molecule has 0 aliphatic rings. The van der Waals surface area contributed by atoms with Crippen LogP contribution in [0.5, 0.6) is 0 Å². The maximum atomic E-state index is 12.1. The summed E-state index contributed by atoms with van der Waals surface area (Å²) in [5.41, 5.74) is 1.52. The summed E-state index contributed by atoms with van der Waals surface area (Å²) in [7, 11) is 0. The van der Waals surface area contributed by atoms with Gasteiger partial charge in [0.15, 0.2) is 0 Å². The fourth-order valence-corrected chi connectivity index (χ4v) is 3.47. The zero-order valence-electron chi connectivity index (χ0n) is 14.7. The fourth-order valence-electron chi connectivity index (χ4n) is 2.77. The van der Waals surface area contributed by atoms with Gasteiger partial charge in [-0.05, 0) is 24.1 Å². The van der Waals surface area contributed by atoms with Gasteiger partial charge < -0.3 is 15.4 Å². The first-order valence-corrected chi connectivity index (χ1v) is 9.81. The normalized spacial score (nSPS) is 12.0. The quantitative estimate of drug-likeness (QED) is 0.552. The first-order valence-electron chi connectivity index (χ1n) is 8.65. The van der Waals surface area contributed by atoms with E-state index in [1.807, 2.05) is 36.4 Å². The molecule has 1 atom stereocenters. The molecule has 0 saturated carbocycles. The number of rotatable bonds is 8. The highest BCUT2D eigenvalue weighted by Gasteiger charge is 2.12. The lowest BCUT2D eigenvalue weighted by atomic mass is 10.1. The van der Waals surface area contributed by atoms with Gasteiger partial charge >= 0.3 is 0 Å². The van der Waals surface area contributed by atoms with E-state index in [-0.39, 0.29) is 29.9 Å². The molecule has 27 heavy (non-hydrogen) atoms. The van der Waals surface area contributed by atoms with Crippen LogP contribution < -0.4 is 10.9 Å². The zero-order chi connectivity index (χ0) is 19.1. The summed E-state index contributed by atoms with van der Waals surface area (Å²) >= 11 is 1.36. The number of benzene rings is 2. The van der Waals surface area contributed by atoms with Crippen LogP contribution in [0.1, 0.15) is 11.4 Å². The Balaban J connectivity index is 1.51. The lowest BCUT2D eigenvalue weighted by molar-refractivity contribution is -0.119.